The number of aliphatic carboxylic acids is 1. The van der Waals surface area contributed by atoms with Crippen molar-refractivity contribution in [2.75, 3.05) is 19.6 Å². The number of amides is 2. The van der Waals surface area contributed by atoms with Gasteiger partial charge in [0.1, 0.15) is 0 Å². The summed E-state index contributed by atoms with van der Waals surface area (Å²) >= 11 is 0. The lowest BCUT2D eigenvalue weighted by atomic mass is 9.98. The minimum absolute atomic E-state index is 0.00103. The highest BCUT2D eigenvalue weighted by atomic mass is 32.2. The molecule has 1 saturated heterocycles. The zero-order valence-corrected chi connectivity index (χ0v) is 16.0. The number of sulfonamides is 1. The van der Waals surface area contributed by atoms with E-state index < -0.39 is 27.4 Å². The minimum atomic E-state index is -3.82. The molecule has 1 fully saturated rings. The van der Waals surface area contributed by atoms with Gasteiger partial charge in [-0.2, -0.15) is 4.31 Å². The summed E-state index contributed by atoms with van der Waals surface area (Å²) in [6.45, 7) is 3.64. The molecule has 0 atom stereocenters. The zero-order chi connectivity index (χ0) is 20.2. The van der Waals surface area contributed by atoms with E-state index >= 15 is 0 Å². The molecule has 1 aliphatic heterocycles. The quantitative estimate of drug-likeness (QED) is 0.601. The average Bonchev–Trinajstić information content (AvgIpc) is 2.60. The number of rotatable bonds is 7. The number of carbonyl (C=O) groups is 3. The van der Waals surface area contributed by atoms with Crippen molar-refractivity contribution in [2.24, 2.45) is 0 Å². The summed E-state index contributed by atoms with van der Waals surface area (Å²) in [5.74, 6) is -1.73. The van der Waals surface area contributed by atoms with Gasteiger partial charge >= 0.3 is 5.97 Å². The van der Waals surface area contributed by atoms with Crippen molar-refractivity contribution in [3.63, 3.8) is 0 Å². The van der Waals surface area contributed by atoms with Gasteiger partial charge in [0.2, 0.25) is 15.9 Å². The third-order valence-corrected chi connectivity index (χ3v) is 6.03. The number of nitrogens with one attached hydrogen (secondary N) is 2. The summed E-state index contributed by atoms with van der Waals surface area (Å²) in [5.41, 5.74) is -0.463. The fourth-order valence-corrected chi connectivity index (χ4v) is 4.01. The van der Waals surface area contributed by atoms with Crippen molar-refractivity contribution in [1.82, 2.24) is 14.9 Å². The standard InChI is InChI=1S/C17H23N3O6S/c1-17(2,8-7-15(22)23)19-16(24)12-3-5-13(6-4-12)27(25,26)20-10-9-18-14(21)11-20/h3-6H,7-11H2,1-2H3,(H,18,21)(H,19,24)(H,22,23). The van der Waals surface area contributed by atoms with Crippen molar-refractivity contribution in [3.8, 4) is 0 Å². The van der Waals surface area contributed by atoms with Crippen LogP contribution in [-0.2, 0) is 19.6 Å². The van der Waals surface area contributed by atoms with E-state index in [0.29, 0.717) is 0 Å². The van der Waals surface area contributed by atoms with Crippen LogP contribution in [0.2, 0.25) is 0 Å². The van der Waals surface area contributed by atoms with Crippen LogP contribution in [0, 0.1) is 0 Å². The van der Waals surface area contributed by atoms with Gasteiger partial charge in [-0.25, -0.2) is 8.42 Å². The second-order valence-corrected chi connectivity index (χ2v) is 8.88. The number of carboxylic acid groups (broad SMARTS) is 1. The summed E-state index contributed by atoms with van der Waals surface area (Å²) in [6, 6.07) is 5.42. The smallest absolute Gasteiger partial charge is 0.303 e. The van der Waals surface area contributed by atoms with Gasteiger partial charge in [0.15, 0.2) is 0 Å². The molecule has 10 heteroatoms. The van der Waals surface area contributed by atoms with Gasteiger partial charge in [-0.15, -0.1) is 0 Å². The number of hydrogen-bond donors (Lipinski definition) is 3. The topological polar surface area (TPSA) is 133 Å². The maximum atomic E-state index is 12.6. The van der Waals surface area contributed by atoms with E-state index in [9.17, 15) is 22.8 Å². The van der Waals surface area contributed by atoms with Gasteiger partial charge in [-0.05, 0) is 44.5 Å². The molecule has 0 bridgehead atoms. The Labute approximate surface area is 157 Å². The van der Waals surface area contributed by atoms with Crippen LogP contribution in [0.4, 0.5) is 0 Å². The Balaban J connectivity index is 2.08. The molecule has 1 heterocycles. The maximum absolute atomic E-state index is 12.6. The predicted molar refractivity (Wildman–Crippen MR) is 96.6 cm³/mol. The molecule has 2 rings (SSSR count). The summed E-state index contributed by atoms with van der Waals surface area (Å²) in [6.07, 6.45) is 0.186. The molecule has 148 valence electrons. The van der Waals surface area contributed by atoms with Crippen LogP contribution in [-0.4, -0.2) is 60.8 Å². The lowest BCUT2D eigenvalue weighted by Crippen LogP contribution is -2.49. The molecule has 0 aromatic heterocycles. The molecule has 0 aliphatic carbocycles. The Morgan fingerprint density at radius 3 is 2.44 bits per heavy atom. The van der Waals surface area contributed by atoms with Crippen LogP contribution in [0.5, 0.6) is 0 Å². The Morgan fingerprint density at radius 1 is 1.26 bits per heavy atom. The Kier molecular flexibility index (Phi) is 6.22. The first kappa shape index (κ1) is 20.8. The van der Waals surface area contributed by atoms with Gasteiger partial charge in [-0.3, -0.25) is 14.4 Å². The molecule has 1 aliphatic rings. The normalized spacial score (nSPS) is 15.9. The van der Waals surface area contributed by atoms with Crippen LogP contribution in [0.15, 0.2) is 29.2 Å². The molecule has 0 unspecified atom stereocenters. The number of nitrogens with zero attached hydrogens (tertiary/aromatic N) is 1. The van der Waals surface area contributed by atoms with Crippen LogP contribution < -0.4 is 10.6 Å². The van der Waals surface area contributed by atoms with Gasteiger partial charge in [-0.1, -0.05) is 0 Å². The van der Waals surface area contributed by atoms with Crippen molar-refractivity contribution < 1.29 is 27.9 Å². The van der Waals surface area contributed by atoms with E-state index in [0.717, 1.165) is 4.31 Å². The second kappa shape index (κ2) is 8.05. The molecule has 27 heavy (non-hydrogen) atoms. The van der Waals surface area contributed by atoms with E-state index in [1.54, 1.807) is 13.8 Å². The fourth-order valence-electron chi connectivity index (χ4n) is 2.61. The van der Waals surface area contributed by atoms with Crippen LogP contribution in [0.1, 0.15) is 37.0 Å². The number of benzene rings is 1. The monoisotopic (exact) mass is 397 g/mol. The molecule has 3 N–H and O–H groups in total. The molecule has 0 saturated carbocycles. The highest BCUT2D eigenvalue weighted by Crippen LogP contribution is 2.18. The van der Waals surface area contributed by atoms with E-state index in [1.807, 2.05) is 0 Å². The highest BCUT2D eigenvalue weighted by molar-refractivity contribution is 7.89. The fraction of sp³-hybridized carbons (Fsp3) is 0.471. The van der Waals surface area contributed by atoms with Crippen molar-refractivity contribution in [3.05, 3.63) is 29.8 Å². The summed E-state index contributed by atoms with van der Waals surface area (Å²) < 4.78 is 26.3. The lowest BCUT2D eigenvalue weighted by molar-refractivity contribution is -0.137. The second-order valence-electron chi connectivity index (χ2n) is 6.94. The zero-order valence-electron chi connectivity index (χ0n) is 15.2. The SMILES string of the molecule is CC(C)(CCC(=O)O)NC(=O)c1ccc(S(=O)(=O)N2CCNC(=O)C2)cc1. The van der Waals surface area contributed by atoms with Crippen LogP contribution >= 0.6 is 0 Å². The molecular formula is C17H23N3O6S. The van der Waals surface area contributed by atoms with E-state index in [1.165, 1.54) is 24.3 Å². The first-order valence-electron chi connectivity index (χ1n) is 8.42. The minimum Gasteiger partial charge on any atom is -0.481 e. The third-order valence-electron chi connectivity index (χ3n) is 4.17. The third kappa shape index (κ3) is 5.51. The Hall–Kier alpha value is -2.46. The summed E-state index contributed by atoms with van der Waals surface area (Å²) in [4.78, 5) is 34.4. The maximum Gasteiger partial charge on any atom is 0.303 e. The number of carbonyl (C=O) groups excluding carboxylic acids is 2. The van der Waals surface area contributed by atoms with Crippen molar-refractivity contribution in [2.45, 2.75) is 37.1 Å². The van der Waals surface area contributed by atoms with Gasteiger partial charge in [0, 0.05) is 30.6 Å². The summed E-state index contributed by atoms with van der Waals surface area (Å²) in [7, 11) is -3.82. The summed E-state index contributed by atoms with van der Waals surface area (Å²) in [5, 5.41) is 14.1. The number of piperazine rings is 1. The molecule has 0 spiro atoms. The first-order valence-corrected chi connectivity index (χ1v) is 9.86. The lowest BCUT2D eigenvalue weighted by Gasteiger charge is -2.26. The van der Waals surface area contributed by atoms with Crippen LogP contribution in [0.3, 0.4) is 0 Å². The van der Waals surface area contributed by atoms with E-state index in [-0.39, 0.29) is 48.8 Å². The average molecular weight is 397 g/mol. The van der Waals surface area contributed by atoms with Crippen molar-refractivity contribution >= 4 is 27.8 Å². The Morgan fingerprint density at radius 2 is 1.89 bits per heavy atom. The van der Waals surface area contributed by atoms with E-state index in [4.69, 9.17) is 5.11 Å². The molecule has 2 amide bonds. The van der Waals surface area contributed by atoms with Crippen molar-refractivity contribution in [1.29, 1.82) is 0 Å². The number of carboxylic acids is 1. The molecule has 0 radical (unpaired) electrons. The highest BCUT2D eigenvalue weighted by Gasteiger charge is 2.29. The van der Waals surface area contributed by atoms with Gasteiger partial charge in [0.05, 0.1) is 11.4 Å². The molecule has 9 nitrogen and oxygen atoms in total. The van der Waals surface area contributed by atoms with Crippen LogP contribution in [0.25, 0.3) is 0 Å². The molecular weight excluding hydrogens is 374 g/mol. The first-order chi connectivity index (χ1) is 12.5. The Bertz CT molecular complexity index is 833. The predicted octanol–water partition coefficient (Wildman–Crippen LogP) is 0.180. The van der Waals surface area contributed by atoms with Gasteiger partial charge in [0.25, 0.3) is 5.91 Å². The number of hydrogen-bond acceptors (Lipinski definition) is 5. The largest absolute Gasteiger partial charge is 0.481 e. The van der Waals surface area contributed by atoms with E-state index in [2.05, 4.69) is 10.6 Å². The molecule has 1 aromatic carbocycles. The molecule has 1 aromatic rings. The van der Waals surface area contributed by atoms with Gasteiger partial charge < -0.3 is 15.7 Å².